The summed E-state index contributed by atoms with van der Waals surface area (Å²) in [4.78, 5) is 19.3. The Morgan fingerprint density at radius 1 is 1.29 bits per heavy atom. The highest BCUT2D eigenvalue weighted by atomic mass is 16.2. The molecule has 6 heteroatoms. The summed E-state index contributed by atoms with van der Waals surface area (Å²) in [6.45, 7) is 4.22. The van der Waals surface area contributed by atoms with Crippen molar-refractivity contribution in [2.24, 2.45) is 0 Å². The maximum Gasteiger partial charge on any atom is 0.276 e. The second-order valence-corrected chi connectivity index (χ2v) is 6.96. The van der Waals surface area contributed by atoms with Crippen LogP contribution in [0.25, 0.3) is 0 Å². The Kier molecular flexibility index (Phi) is 5.31. The van der Waals surface area contributed by atoms with Crippen LogP contribution in [0, 0.1) is 11.3 Å². The number of carbonyl (C=O) groups is 1. The van der Waals surface area contributed by atoms with Crippen molar-refractivity contribution in [1.29, 1.82) is 5.26 Å². The van der Waals surface area contributed by atoms with E-state index in [9.17, 15) is 10.1 Å². The lowest BCUT2D eigenvalue weighted by atomic mass is 9.83. The number of hydrogen-bond acceptors (Lipinski definition) is 3. The number of amides is 1. The van der Waals surface area contributed by atoms with E-state index < -0.39 is 5.54 Å². The molecule has 1 aliphatic carbocycles. The van der Waals surface area contributed by atoms with Crippen LogP contribution in [0.3, 0.4) is 0 Å². The molecule has 0 radical (unpaired) electrons. The quantitative estimate of drug-likeness (QED) is 0.786. The zero-order valence-corrected chi connectivity index (χ0v) is 14.2. The summed E-state index contributed by atoms with van der Waals surface area (Å²) in [5.41, 5.74) is -0.615. The van der Waals surface area contributed by atoms with Crippen LogP contribution in [0.2, 0.25) is 0 Å². The van der Waals surface area contributed by atoms with Gasteiger partial charge in [-0.15, -0.1) is 0 Å². The third-order valence-electron chi connectivity index (χ3n) is 5.21. The second kappa shape index (κ2) is 7.63. The first-order chi connectivity index (χ1) is 11.7. The molecule has 1 aliphatic heterocycles. The number of quaternary nitrogens is 1. The van der Waals surface area contributed by atoms with Crippen molar-refractivity contribution in [3.8, 4) is 6.07 Å². The number of carbonyl (C=O) groups excluding carboxylic acids is 1. The van der Waals surface area contributed by atoms with Gasteiger partial charge < -0.3 is 10.2 Å². The summed E-state index contributed by atoms with van der Waals surface area (Å²) in [5.74, 6) is 1.15. The van der Waals surface area contributed by atoms with Crippen LogP contribution in [-0.2, 0) is 4.79 Å². The molecule has 1 aromatic heterocycles. The maximum atomic E-state index is 12.4. The number of piperazine rings is 1. The average molecular weight is 329 g/mol. The number of hydrogen-bond donors (Lipinski definition) is 2. The number of H-pyrrole nitrogens is 1. The summed E-state index contributed by atoms with van der Waals surface area (Å²) >= 11 is 0. The monoisotopic (exact) mass is 329 g/mol. The van der Waals surface area contributed by atoms with Gasteiger partial charge in [0.05, 0.1) is 12.3 Å². The minimum absolute atomic E-state index is 0.0215. The molecule has 0 unspecified atom stereocenters. The lowest BCUT2D eigenvalue weighted by Crippen LogP contribution is -3.16. The first kappa shape index (κ1) is 16.7. The highest BCUT2D eigenvalue weighted by Crippen LogP contribution is 2.27. The van der Waals surface area contributed by atoms with Gasteiger partial charge in [-0.05, 0) is 18.9 Å². The van der Waals surface area contributed by atoms with E-state index in [0.717, 1.165) is 57.7 Å². The Balaban J connectivity index is 1.47. The van der Waals surface area contributed by atoms with Crippen molar-refractivity contribution < 1.29 is 14.7 Å². The molecule has 6 nitrogen and oxygen atoms in total. The fourth-order valence-electron chi connectivity index (χ4n) is 3.78. The lowest BCUT2D eigenvalue weighted by Gasteiger charge is -2.33. The van der Waals surface area contributed by atoms with Crippen LogP contribution in [-0.4, -0.2) is 44.2 Å². The third-order valence-corrected chi connectivity index (χ3v) is 5.21. The molecule has 3 N–H and O–H groups in total. The highest BCUT2D eigenvalue weighted by molar-refractivity contribution is 5.78. The predicted octanol–water partition coefficient (Wildman–Crippen LogP) is -0.452. The molecule has 0 aromatic carbocycles. The standard InChI is InChI=1S/C18H25N5O/c19-15-18(7-3-1-4-8-18)21-17(24)14-22-10-12-23(13-11-22)16-6-2-5-9-20-16/h2,5-6,9H,1,3-4,7-8,10-14H2,(H,21,24)/p+2. The maximum absolute atomic E-state index is 12.4. The lowest BCUT2D eigenvalue weighted by molar-refractivity contribution is -0.892. The molecule has 0 bridgehead atoms. The number of pyridine rings is 1. The molecule has 2 fully saturated rings. The summed E-state index contributed by atoms with van der Waals surface area (Å²) in [6, 6.07) is 8.45. The minimum Gasteiger partial charge on any atom is -0.333 e. The van der Waals surface area contributed by atoms with Crippen molar-refractivity contribution in [2.75, 3.05) is 37.6 Å². The largest absolute Gasteiger partial charge is 0.333 e. The van der Waals surface area contributed by atoms with Gasteiger partial charge >= 0.3 is 0 Å². The van der Waals surface area contributed by atoms with Gasteiger partial charge in [-0.3, -0.25) is 9.69 Å². The van der Waals surface area contributed by atoms with Crippen molar-refractivity contribution in [2.45, 2.75) is 37.6 Å². The molecule has 2 heterocycles. The van der Waals surface area contributed by atoms with Crippen LogP contribution >= 0.6 is 0 Å². The van der Waals surface area contributed by atoms with E-state index in [1.165, 1.54) is 11.3 Å². The number of aromatic amines is 1. The molecule has 1 saturated carbocycles. The molecule has 128 valence electrons. The van der Waals surface area contributed by atoms with Crippen LogP contribution in [0.1, 0.15) is 32.1 Å². The summed E-state index contributed by atoms with van der Waals surface area (Å²) < 4.78 is 0. The summed E-state index contributed by atoms with van der Waals surface area (Å²) in [6.07, 6.45) is 6.76. The van der Waals surface area contributed by atoms with E-state index in [4.69, 9.17) is 0 Å². The van der Waals surface area contributed by atoms with Crippen molar-refractivity contribution in [3.63, 3.8) is 0 Å². The van der Waals surface area contributed by atoms with Gasteiger partial charge in [0.15, 0.2) is 6.54 Å². The number of anilines is 1. The second-order valence-electron chi connectivity index (χ2n) is 6.96. The summed E-state index contributed by atoms with van der Waals surface area (Å²) in [5, 5.41) is 12.5. The Labute approximate surface area is 143 Å². The molecular weight excluding hydrogens is 302 g/mol. The van der Waals surface area contributed by atoms with Gasteiger partial charge in [0, 0.05) is 6.07 Å². The summed E-state index contributed by atoms with van der Waals surface area (Å²) in [7, 11) is 0. The van der Waals surface area contributed by atoms with E-state index >= 15 is 0 Å². The van der Waals surface area contributed by atoms with E-state index in [1.54, 1.807) is 0 Å². The molecule has 1 amide bonds. The SMILES string of the molecule is N#CC1(NC(=O)C[NH+]2CCN(c3cccc[nH+]3)CC2)CCCCC1. The minimum atomic E-state index is -0.615. The van der Waals surface area contributed by atoms with Gasteiger partial charge in [0.25, 0.3) is 11.7 Å². The Morgan fingerprint density at radius 3 is 2.67 bits per heavy atom. The Hall–Kier alpha value is -2.13. The van der Waals surface area contributed by atoms with Gasteiger partial charge in [-0.1, -0.05) is 25.3 Å². The Morgan fingerprint density at radius 2 is 2.04 bits per heavy atom. The molecular formula is C18H27N5O+2. The first-order valence-electron chi connectivity index (χ1n) is 8.98. The zero-order valence-electron chi connectivity index (χ0n) is 14.2. The number of nitrogens with one attached hydrogen (secondary N) is 3. The van der Waals surface area contributed by atoms with Crippen LogP contribution in [0.15, 0.2) is 24.4 Å². The molecule has 24 heavy (non-hydrogen) atoms. The van der Waals surface area contributed by atoms with Crippen molar-refractivity contribution >= 4 is 11.7 Å². The normalized spacial score (nSPS) is 21.0. The van der Waals surface area contributed by atoms with E-state index in [0.29, 0.717) is 6.54 Å². The van der Waals surface area contributed by atoms with Gasteiger partial charge in [-0.25, -0.2) is 4.98 Å². The van der Waals surface area contributed by atoms with Gasteiger partial charge in [0.2, 0.25) is 0 Å². The molecule has 2 aliphatic rings. The smallest absolute Gasteiger partial charge is 0.276 e. The van der Waals surface area contributed by atoms with Crippen LogP contribution in [0.4, 0.5) is 5.82 Å². The first-order valence-corrected chi connectivity index (χ1v) is 8.98. The average Bonchev–Trinajstić information content (AvgIpc) is 2.64. The molecule has 0 atom stereocenters. The van der Waals surface area contributed by atoms with Crippen LogP contribution < -0.4 is 20.1 Å². The predicted molar refractivity (Wildman–Crippen MR) is 90.3 cm³/mol. The van der Waals surface area contributed by atoms with Gasteiger partial charge in [0.1, 0.15) is 31.7 Å². The third kappa shape index (κ3) is 4.04. The van der Waals surface area contributed by atoms with E-state index in [-0.39, 0.29) is 5.91 Å². The van der Waals surface area contributed by atoms with Crippen molar-refractivity contribution in [3.05, 3.63) is 24.4 Å². The number of nitriles is 1. The molecule has 3 rings (SSSR count). The van der Waals surface area contributed by atoms with E-state index in [2.05, 4.69) is 27.3 Å². The fraction of sp³-hybridized carbons (Fsp3) is 0.611. The van der Waals surface area contributed by atoms with Crippen LogP contribution in [0.5, 0.6) is 0 Å². The highest BCUT2D eigenvalue weighted by Gasteiger charge is 2.35. The van der Waals surface area contributed by atoms with Gasteiger partial charge in [-0.2, -0.15) is 5.26 Å². The van der Waals surface area contributed by atoms with E-state index in [1.807, 2.05) is 18.3 Å². The molecule has 1 aromatic rings. The Bertz CT molecular complexity index is 583. The number of rotatable bonds is 4. The zero-order chi connectivity index (χ0) is 16.8. The number of aromatic nitrogens is 1. The van der Waals surface area contributed by atoms with Crippen molar-refractivity contribution in [1.82, 2.24) is 5.32 Å². The molecule has 0 spiro atoms. The fourth-order valence-corrected chi connectivity index (χ4v) is 3.78. The topological polar surface area (TPSA) is 74.7 Å². The molecule has 1 saturated heterocycles. The number of nitrogens with zero attached hydrogens (tertiary/aromatic N) is 2.